The van der Waals surface area contributed by atoms with Gasteiger partial charge in [-0.15, -0.1) is 0 Å². The van der Waals surface area contributed by atoms with E-state index < -0.39 is 0 Å². The van der Waals surface area contributed by atoms with Crippen LogP contribution >= 0.6 is 0 Å². The van der Waals surface area contributed by atoms with Crippen molar-refractivity contribution >= 4 is 17.5 Å². The molecule has 6 nitrogen and oxygen atoms in total. The van der Waals surface area contributed by atoms with Crippen LogP contribution < -0.4 is 10.6 Å². The van der Waals surface area contributed by atoms with Gasteiger partial charge in [-0.2, -0.15) is 0 Å². The Hall–Kier alpha value is -3.15. The maximum Gasteiger partial charge on any atom is 0.254 e. The summed E-state index contributed by atoms with van der Waals surface area (Å²) in [6.45, 7) is 0.496. The molecule has 2 heterocycles. The lowest BCUT2D eigenvalue weighted by Crippen LogP contribution is -2.25. The summed E-state index contributed by atoms with van der Waals surface area (Å²) < 4.78 is 5.21. The summed E-state index contributed by atoms with van der Waals surface area (Å²) in [5.41, 5.74) is 1.31. The molecule has 0 saturated heterocycles. The van der Waals surface area contributed by atoms with Crippen molar-refractivity contribution in [1.29, 1.82) is 0 Å². The van der Waals surface area contributed by atoms with Crippen molar-refractivity contribution in [1.82, 2.24) is 15.3 Å². The Morgan fingerprint density at radius 1 is 1.04 bits per heavy atom. The van der Waals surface area contributed by atoms with Crippen molar-refractivity contribution in [2.45, 2.75) is 6.42 Å². The normalized spacial score (nSPS) is 10.3. The number of hydrogen-bond acceptors (Lipinski definition) is 5. The van der Waals surface area contributed by atoms with Gasteiger partial charge in [0.25, 0.3) is 5.91 Å². The van der Waals surface area contributed by atoms with Gasteiger partial charge in [-0.1, -0.05) is 18.2 Å². The molecular formula is C17H16N4O2. The number of benzene rings is 1. The number of carbonyl (C=O) groups excluding carboxylic acids is 1. The first-order chi connectivity index (χ1) is 11.3. The molecule has 0 unspecified atom stereocenters. The van der Waals surface area contributed by atoms with E-state index in [1.165, 1.54) is 12.4 Å². The van der Waals surface area contributed by atoms with Gasteiger partial charge in [0, 0.05) is 31.0 Å². The van der Waals surface area contributed by atoms with Gasteiger partial charge in [-0.3, -0.25) is 4.79 Å². The van der Waals surface area contributed by atoms with Gasteiger partial charge < -0.3 is 15.1 Å². The molecule has 0 spiro atoms. The molecule has 6 heteroatoms. The summed E-state index contributed by atoms with van der Waals surface area (Å²) in [5.74, 6) is 1.08. The monoisotopic (exact) mass is 308 g/mol. The predicted octanol–water partition coefficient (Wildman–Crippen LogP) is 2.79. The fraction of sp³-hybridized carbons (Fsp3) is 0.118. The second kappa shape index (κ2) is 7.22. The van der Waals surface area contributed by atoms with Crippen LogP contribution in [0.15, 0.2) is 65.5 Å². The number of anilines is 2. The Kier molecular flexibility index (Phi) is 4.63. The van der Waals surface area contributed by atoms with Crippen molar-refractivity contribution in [3.63, 3.8) is 0 Å². The molecule has 1 amide bonds. The Morgan fingerprint density at radius 3 is 2.52 bits per heavy atom. The zero-order chi connectivity index (χ0) is 15.9. The molecule has 0 fully saturated rings. The van der Waals surface area contributed by atoms with Crippen LogP contribution in [0.2, 0.25) is 0 Å². The number of nitrogens with one attached hydrogen (secondary N) is 2. The summed E-state index contributed by atoms with van der Waals surface area (Å²) in [5, 5.41) is 5.87. The van der Waals surface area contributed by atoms with Gasteiger partial charge in [-0.05, 0) is 24.3 Å². The number of furan rings is 1. The molecule has 0 atom stereocenters. The molecule has 2 N–H and O–H groups in total. The highest BCUT2D eigenvalue weighted by molar-refractivity contribution is 5.93. The Morgan fingerprint density at radius 2 is 1.83 bits per heavy atom. The van der Waals surface area contributed by atoms with Gasteiger partial charge in [0.15, 0.2) is 0 Å². The van der Waals surface area contributed by atoms with Crippen LogP contribution in [-0.2, 0) is 6.42 Å². The van der Waals surface area contributed by atoms with Crippen molar-refractivity contribution < 1.29 is 9.21 Å². The third-order valence-corrected chi connectivity index (χ3v) is 3.18. The minimum absolute atomic E-state index is 0.206. The van der Waals surface area contributed by atoms with E-state index in [1.54, 1.807) is 6.26 Å². The van der Waals surface area contributed by atoms with Crippen molar-refractivity contribution in [3.05, 3.63) is 72.4 Å². The van der Waals surface area contributed by atoms with Crippen molar-refractivity contribution in [2.75, 3.05) is 11.9 Å². The van der Waals surface area contributed by atoms with Gasteiger partial charge in [0.2, 0.25) is 5.95 Å². The Labute approximate surface area is 133 Å². The summed E-state index contributed by atoms with van der Waals surface area (Å²) in [4.78, 5) is 20.3. The lowest BCUT2D eigenvalue weighted by atomic mass is 10.3. The van der Waals surface area contributed by atoms with Crippen molar-refractivity contribution in [2.24, 2.45) is 0 Å². The third kappa shape index (κ3) is 4.16. The quantitative estimate of drug-likeness (QED) is 0.732. The van der Waals surface area contributed by atoms with Crippen LogP contribution in [0.1, 0.15) is 16.1 Å². The second-order valence-electron chi connectivity index (χ2n) is 4.87. The molecule has 3 aromatic rings. The average molecular weight is 308 g/mol. The highest BCUT2D eigenvalue weighted by atomic mass is 16.3. The summed E-state index contributed by atoms with van der Waals surface area (Å²) >= 11 is 0. The third-order valence-electron chi connectivity index (χ3n) is 3.18. The first kappa shape index (κ1) is 14.8. The second-order valence-corrected chi connectivity index (χ2v) is 4.87. The lowest BCUT2D eigenvalue weighted by Gasteiger charge is -2.06. The molecule has 1 aromatic carbocycles. The molecule has 0 bridgehead atoms. The number of carbonyl (C=O) groups is 1. The highest BCUT2D eigenvalue weighted by Gasteiger charge is 2.07. The molecule has 0 aliphatic carbocycles. The maximum absolute atomic E-state index is 12.0. The Bertz CT molecular complexity index is 740. The molecule has 0 saturated carbocycles. The minimum Gasteiger partial charge on any atom is -0.469 e. The SMILES string of the molecule is O=C(NCCc1ccco1)c1cnc(Nc2ccccc2)nc1. The summed E-state index contributed by atoms with van der Waals surface area (Å²) in [7, 11) is 0. The number of hydrogen-bond donors (Lipinski definition) is 2. The molecule has 2 aromatic heterocycles. The van der Waals surface area contributed by atoms with E-state index in [0.717, 1.165) is 11.4 Å². The number of nitrogens with zero attached hydrogens (tertiary/aromatic N) is 2. The number of aromatic nitrogens is 2. The van der Waals surface area contributed by atoms with E-state index in [1.807, 2.05) is 42.5 Å². The van der Waals surface area contributed by atoms with E-state index in [-0.39, 0.29) is 5.91 Å². The minimum atomic E-state index is -0.206. The smallest absolute Gasteiger partial charge is 0.254 e. The molecular weight excluding hydrogens is 292 g/mol. The summed E-state index contributed by atoms with van der Waals surface area (Å²) in [6, 6.07) is 13.3. The number of rotatable bonds is 6. The van der Waals surface area contributed by atoms with Crippen LogP contribution in [0.3, 0.4) is 0 Å². The average Bonchev–Trinajstić information content (AvgIpc) is 3.10. The number of amides is 1. The van der Waals surface area contributed by atoms with Gasteiger partial charge in [0.1, 0.15) is 5.76 Å². The molecule has 0 radical (unpaired) electrons. The van der Waals surface area contributed by atoms with Crippen LogP contribution in [0.25, 0.3) is 0 Å². The molecule has 3 rings (SSSR count). The standard InChI is InChI=1S/C17H16N4O2/c22-16(18-9-8-15-7-4-10-23-15)13-11-19-17(20-12-13)21-14-5-2-1-3-6-14/h1-7,10-12H,8-9H2,(H,18,22)(H,19,20,21). The van der Waals surface area contributed by atoms with E-state index in [2.05, 4.69) is 20.6 Å². The van der Waals surface area contributed by atoms with Gasteiger partial charge in [0.05, 0.1) is 11.8 Å². The Balaban J connectivity index is 1.53. The first-order valence-corrected chi connectivity index (χ1v) is 7.26. The zero-order valence-corrected chi connectivity index (χ0v) is 12.4. The fourth-order valence-electron chi connectivity index (χ4n) is 2.02. The maximum atomic E-state index is 12.0. The lowest BCUT2D eigenvalue weighted by molar-refractivity contribution is 0.0953. The van der Waals surface area contributed by atoms with Crippen LogP contribution in [0, 0.1) is 0 Å². The highest BCUT2D eigenvalue weighted by Crippen LogP contribution is 2.11. The zero-order valence-electron chi connectivity index (χ0n) is 12.4. The predicted molar refractivity (Wildman–Crippen MR) is 86.5 cm³/mol. The van der Waals surface area contributed by atoms with Crippen molar-refractivity contribution in [3.8, 4) is 0 Å². The largest absolute Gasteiger partial charge is 0.469 e. The van der Waals surface area contributed by atoms with E-state index in [4.69, 9.17) is 4.42 Å². The van der Waals surface area contributed by atoms with Crippen LogP contribution in [-0.4, -0.2) is 22.4 Å². The van der Waals surface area contributed by atoms with E-state index in [9.17, 15) is 4.79 Å². The number of para-hydroxylation sites is 1. The van der Waals surface area contributed by atoms with Crippen LogP contribution in [0.5, 0.6) is 0 Å². The van der Waals surface area contributed by atoms with Crippen LogP contribution in [0.4, 0.5) is 11.6 Å². The fourth-order valence-corrected chi connectivity index (χ4v) is 2.02. The summed E-state index contributed by atoms with van der Waals surface area (Å²) in [6.07, 6.45) is 5.26. The molecule has 23 heavy (non-hydrogen) atoms. The van der Waals surface area contributed by atoms with Gasteiger partial charge >= 0.3 is 0 Å². The van der Waals surface area contributed by atoms with E-state index in [0.29, 0.717) is 24.5 Å². The van der Waals surface area contributed by atoms with E-state index >= 15 is 0 Å². The molecule has 0 aliphatic rings. The molecule has 116 valence electrons. The topological polar surface area (TPSA) is 80.0 Å². The molecule has 0 aliphatic heterocycles. The first-order valence-electron chi connectivity index (χ1n) is 7.26. The van der Waals surface area contributed by atoms with Gasteiger partial charge in [-0.25, -0.2) is 9.97 Å².